The highest BCUT2D eigenvalue weighted by molar-refractivity contribution is 6.90. The van der Waals surface area contributed by atoms with E-state index >= 15 is 0 Å². The molecule has 1 aliphatic carbocycles. The number of amides is 2. The van der Waals surface area contributed by atoms with Crippen LogP contribution in [0.25, 0.3) is 0 Å². The number of hydrogen-bond donors (Lipinski definition) is 1. The molecule has 164 valence electrons. The number of benzene rings is 1. The molecule has 5 nitrogen and oxygen atoms in total. The van der Waals surface area contributed by atoms with Crippen LogP contribution in [0.5, 0.6) is 5.75 Å². The fraction of sp³-hybridized carbons (Fsp3) is 0.565. The van der Waals surface area contributed by atoms with Gasteiger partial charge in [0.1, 0.15) is 19.4 Å². The Labute approximate surface area is 186 Å². The van der Waals surface area contributed by atoms with E-state index in [9.17, 15) is 9.59 Å². The molecule has 1 aromatic carbocycles. The van der Waals surface area contributed by atoms with E-state index < -0.39 is 25.4 Å². The first-order valence-electron chi connectivity index (χ1n) is 10.4. The van der Waals surface area contributed by atoms with Crippen molar-refractivity contribution in [3.05, 3.63) is 23.2 Å². The van der Waals surface area contributed by atoms with E-state index in [0.29, 0.717) is 45.9 Å². The first-order chi connectivity index (χ1) is 13.9. The molecule has 1 aliphatic rings. The van der Waals surface area contributed by atoms with Crippen molar-refractivity contribution < 1.29 is 14.3 Å². The second-order valence-corrected chi connectivity index (χ2v) is 15.0. The summed E-state index contributed by atoms with van der Waals surface area (Å²) in [6.45, 7) is 13.2. The monoisotopic (exact) mass is 448 g/mol. The van der Waals surface area contributed by atoms with Gasteiger partial charge in [-0.15, -0.1) is 5.54 Å². The number of nitrogens with two attached hydrogens (primary N) is 1. The molecule has 0 bridgehead atoms. The minimum Gasteiger partial charge on any atom is -0.495 e. The van der Waals surface area contributed by atoms with E-state index in [0.717, 1.165) is 0 Å². The van der Waals surface area contributed by atoms with Crippen LogP contribution in [0.4, 0.5) is 5.69 Å². The van der Waals surface area contributed by atoms with E-state index in [1.54, 1.807) is 18.2 Å². The van der Waals surface area contributed by atoms with Gasteiger partial charge in [0.05, 0.1) is 12.1 Å². The fourth-order valence-electron chi connectivity index (χ4n) is 4.70. The van der Waals surface area contributed by atoms with Crippen LogP contribution >= 0.6 is 11.6 Å². The highest BCUT2D eigenvalue weighted by Gasteiger charge is 2.56. The highest BCUT2D eigenvalue weighted by atomic mass is 35.5. The zero-order valence-corrected chi connectivity index (χ0v) is 20.8. The van der Waals surface area contributed by atoms with Gasteiger partial charge < -0.3 is 10.5 Å². The largest absolute Gasteiger partial charge is 0.495 e. The maximum Gasteiger partial charge on any atom is 0.303 e. The minimum absolute atomic E-state index is 0.358. The zero-order chi connectivity index (χ0) is 22.9. The van der Waals surface area contributed by atoms with Crippen LogP contribution in [0.3, 0.4) is 0 Å². The van der Waals surface area contributed by atoms with E-state index in [-0.39, 0.29) is 0 Å². The van der Waals surface area contributed by atoms with E-state index in [4.69, 9.17) is 22.1 Å². The number of hydrogen-bond acceptors (Lipinski definition) is 3. The summed E-state index contributed by atoms with van der Waals surface area (Å²) in [4.78, 5) is 27.1. The highest BCUT2D eigenvalue weighted by Crippen LogP contribution is 2.45. The number of methoxy groups -OCH3 is 1. The third kappa shape index (κ3) is 4.24. The normalized spacial score (nSPS) is 15.0. The molecule has 0 aromatic heterocycles. The molecular weight excluding hydrogens is 416 g/mol. The number of primary amides is 1. The minimum atomic E-state index is -2.10. The number of anilines is 1. The Morgan fingerprint density at radius 2 is 1.67 bits per heavy atom. The summed E-state index contributed by atoms with van der Waals surface area (Å²) >= 11 is 6.29. The van der Waals surface area contributed by atoms with Crippen molar-refractivity contribution in [3.63, 3.8) is 0 Å². The lowest BCUT2D eigenvalue weighted by Gasteiger charge is -2.38. The smallest absolute Gasteiger partial charge is 0.303 e. The third-order valence-corrected chi connectivity index (χ3v) is 13.0. The van der Waals surface area contributed by atoms with Crippen LogP contribution in [-0.4, -0.2) is 32.5 Å². The molecule has 2 amide bonds. The summed E-state index contributed by atoms with van der Waals surface area (Å²) in [7, 11) is -0.577. The molecule has 0 saturated heterocycles. The van der Waals surface area contributed by atoms with Gasteiger partial charge in [0, 0.05) is 5.69 Å². The molecule has 0 aliphatic heterocycles. The van der Waals surface area contributed by atoms with Crippen molar-refractivity contribution in [3.8, 4) is 17.2 Å². The molecule has 0 unspecified atom stereocenters. The first-order valence-corrected chi connectivity index (χ1v) is 13.1. The van der Waals surface area contributed by atoms with Gasteiger partial charge >= 0.3 is 5.91 Å². The van der Waals surface area contributed by atoms with Crippen molar-refractivity contribution in [1.82, 2.24) is 0 Å². The van der Waals surface area contributed by atoms with E-state index in [2.05, 4.69) is 53.0 Å². The van der Waals surface area contributed by atoms with Gasteiger partial charge in [-0.25, -0.2) is 0 Å². The number of ether oxygens (including phenoxy) is 1. The molecule has 2 rings (SSSR count). The van der Waals surface area contributed by atoms with Gasteiger partial charge in [-0.2, -0.15) is 0 Å². The van der Waals surface area contributed by atoms with Gasteiger partial charge in [0.15, 0.2) is 0 Å². The Morgan fingerprint density at radius 3 is 2.03 bits per heavy atom. The molecule has 2 N–H and O–H groups in total. The maximum absolute atomic E-state index is 13.4. The van der Waals surface area contributed by atoms with Crippen LogP contribution in [-0.2, 0) is 9.59 Å². The summed E-state index contributed by atoms with van der Waals surface area (Å²) in [6, 6.07) is 5.02. The fourth-order valence-corrected chi connectivity index (χ4v) is 10.1. The van der Waals surface area contributed by atoms with Crippen LogP contribution in [0.15, 0.2) is 18.2 Å². The third-order valence-electron chi connectivity index (χ3n) is 6.46. The average Bonchev–Trinajstić information content (AvgIpc) is 3.43. The number of rotatable bonds is 7. The van der Waals surface area contributed by atoms with Gasteiger partial charge in [-0.1, -0.05) is 53.1 Å². The quantitative estimate of drug-likeness (QED) is 0.475. The van der Waals surface area contributed by atoms with E-state index in [1.807, 2.05) is 0 Å². The van der Waals surface area contributed by atoms with Crippen LogP contribution in [0.2, 0.25) is 21.6 Å². The topological polar surface area (TPSA) is 72.6 Å². The maximum atomic E-state index is 13.4. The van der Waals surface area contributed by atoms with Crippen LogP contribution < -0.4 is 15.4 Å². The Kier molecular flexibility index (Phi) is 7.31. The predicted molar refractivity (Wildman–Crippen MR) is 125 cm³/mol. The van der Waals surface area contributed by atoms with Gasteiger partial charge in [0.2, 0.25) is 5.91 Å². The summed E-state index contributed by atoms with van der Waals surface area (Å²) in [5, 5.41) is 0.358. The molecule has 0 heterocycles. The first kappa shape index (κ1) is 24.3. The van der Waals surface area contributed by atoms with Gasteiger partial charge in [-0.3, -0.25) is 14.5 Å². The lowest BCUT2D eigenvalue weighted by atomic mass is 10.1. The van der Waals surface area contributed by atoms with Crippen LogP contribution in [0, 0.1) is 11.5 Å². The van der Waals surface area contributed by atoms with Crippen molar-refractivity contribution in [2.45, 2.75) is 76.5 Å². The predicted octanol–water partition coefficient (Wildman–Crippen LogP) is 4.92. The molecule has 7 heteroatoms. The zero-order valence-electron chi connectivity index (χ0n) is 19.0. The molecule has 0 atom stereocenters. The van der Waals surface area contributed by atoms with Gasteiger partial charge in [0.25, 0.3) is 0 Å². The SMILES string of the molecule is COc1ccc(N(C(=O)C#C[Si](C(C)C)(C(C)C)C(C)C)C2(C(N)=O)CC2)cc1Cl. The number of carbonyl (C=O) groups excluding carboxylic acids is 2. The van der Waals surface area contributed by atoms with Gasteiger partial charge in [-0.05, 0) is 53.6 Å². The molecule has 1 fully saturated rings. The molecular formula is C23H33ClN2O3Si. The molecule has 0 spiro atoms. The number of nitrogens with zero attached hydrogens (tertiary/aromatic N) is 1. The second-order valence-electron chi connectivity index (χ2n) is 9.00. The number of carbonyl (C=O) groups is 2. The number of halogens is 1. The molecule has 1 aromatic rings. The Morgan fingerprint density at radius 1 is 1.13 bits per heavy atom. The van der Waals surface area contributed by atoms with Crippen molar-refractivity contribution in [2.24, 2.45) is 5.73 Å². The van der Waals surface area contributed by atoms with Crippen molar-refractivity contribution in [1.29, 1.82) is 0 Å². The second kappa shape index (κ2) is 9.03. The Hall–Kier alpha value is -1.97. The van der Waals surface area contributed by atoms with Crippen molar-refractivity contribution >= 4 is 37.2 Å². The Bertz CT molecular complexity index is 860. The molecule has 30 heavy (non-hydrogen) atoms. The van der Waals surface area contributed by atoms with Crippen molar-refractivity contribution in [2.75, 3.05) is 12.0 Å². The lowest BCUT2D eigenvalue weighted by molar-refractivity contribution is -0.123. The Balaban J connectivity index is 2.57. The summed E-state index contributed by atoms with van der Waals surface area (Å²) in [5.74, 6) is 2.49. The summed E-state index contributed by atoms with van der Waals surface area (Å²) < 4.78 is 5.21. The summed E-state index contributed by atoms with van der Waals surface area (Å²) in [5.41, 5.74) is 9.79. The lowest BCUT2D eigenvalue weighted by Crippen LogP contribution is -2.50. The average molecular weight is 449 g/mol. The van der Waals surface area contributed by atoms with E-state index in [1.165, 1.54) is 12.0 Å². The molecule has 0 radical (unpaired) electrons. The molecule has 1 saturated carbocycles. The standard InChI is InChI=1S/C23H33ClN2O3Si/c1-15(2)30(16(3)4,17(5)6)13-10-21(27)26(23(11-12-23)22(25)28)18-8-9-20(29-7)19(24)14-18/h8-9,14-17H,11-12H2,1-7H3,(H2,25,28). The van der Waals surface area contributed by atoms with Crippen LogP contribution in [0.1, 0.15) is 54.4 Å². The summed E-state index contributed by atoms with van der Waals surface area (Å²) in [6.07, 6.45) is 1.03.